The smallest absolute Gasteiger partial charge is 0.407 e. The van der Waals surface area contributed by atoms with E-state index in [-0.39, 0.29) is 0 Å². The van der Waals surface area contributed by atoms with Crippen molar-refractivity contribution < 1.29 is 33.2 Å². The molecule has 0 heterocycles. The largest absolute Gasteiger partial charge is 0.444 e. The van der Waals surface area contributed by atoms with Crippen LogP contribution < -0.4 is 5.32 Å². The summed E-state index contributed by atoms with van der Waals surface area (Å²) in [6.45, 7) is 11.1. The number of nitrogens with one attached hydrogen (secondary N) is 1. The Labute approximate surface area is 175 Å². The summed E-state index contributed by atoms with van der Waals surface area (Å²) < 4.78 is 32.1. The molecule has 0 aliphatic rings. The predicted octanol–water partition coefficient (Wildman–Crippen LogP) is 2.40. The maximum Gasteiger partial charge on any atom is 0.407 e. The van der Waals surface area contributed by atoms with Crippen molar-refractivity contribution in [2.24, 2.45) is 0 Å². The summed E-state index contributed by atoms with van der Waals surface area (Å²) in [6.07, 6.45) is 7.53. The Kier molecular flexibility index (Phi) is 19.0. The van der Waals surface area contributed by atoms with E-state index in [1.807, 2.05) is 20.8 Å². The van der Waals surface area contributed by atoms with Gasteiger partial charge in [0.2, 0.25) is 0 Å². The minimum Gasteiger partial charge on any atom is -0.444 e. The van der Waals surface area contributed by atoms with Gasteiger partial charge < -0.3 is 33.7 Å². The number of rotatable bonds is 19. The van der Waals surface area contributed by atoms with Crippen LogP contribution in [-0.2, 0) is 28.4 Å². The number of hydrogen-bond donors (Lipinski definition) is 1. The van der Waals surface area contributed by atoms with E-state index in [1.54, 1.807) is 0 Å². The van der Waals surface area contributed by atoms with Crippen LogP contribution in [0.5, 0.6) is 0 Å². The number of carbonyl (C=O) groups excluding carboxylic acids is 1. The second-order valence-corrected chi connectivity index (χ2v) is 7.15. The van der Waals surface area contributed by atoms with Gasteiger partial charge in [-0.25, -0.2) is 4.79 Å². The SMILES string of the molecule is C#CCCCCOCCOCCOCCOCCOCCNC(=O)OC(C)(C)C. The van der Waals surface area contributed by atoms with E-state index in [4.69, 9.17) is 34.8 Å². The van der Waals surface area contributed by atoms with Crippen LogP contribution >= 0.6 is 0 Å². The van der Waals surface area contributed by atoms with Crippen LogP contribution in [0.1, 0.15) is 40.0 Å². The van der Waals surface area contributed by atoms with E-state index in [9.17, 15) is 4.79 Å². The van der Waals surface area contributed by atoms with Gasteiger partial charge in [-0.1, -0.05) is 0 Å². The summed E-state index contributed by atoms with van der Waals surface area (Å²) >= 11 is 0. The normalized spacial score (nSPS) is 11.2. The molecule has 0 spiro atoms. The van der Waals surface area contributed by atoms with Crippen LogP contribution in [0.3, 0.4) is 0 Å². The molecule has 1 amide bonds. The summed E-state index contributed by atoms with van der Waals surface area (Å²) in [5.74, 6) is 2.61. The van der Waals surface area contributed by atoms with Crippen LogP contribution in [0.2, 0.25) is 0 Å². The first-order valence-corrected chi connectivity index (χ1v) is 10.2. The zero-order chi connectivity index (χ0) is 21.6. The molecule has 0 aliphatic heterocycles. The van der Waals surface area contributed by atoms with Gasteiger partial charge in [-0.2, -0.15) is 0 Å². The van der Waals surface area contributed by atoms with Gasteiger partial charge in [0.1, 0.15) is 5.60 Å². The number of hydrogen-bond acceptors (Lipinski definition) is 7. The zero-order valence-corrected chi connectivity index (χ0v) is 18.3. The first-order chi connectivity index (χ1) is 14.0. The summed E-state index contributed by atoms with van der Waals surface area (Å²) in [7, 11) is 0. The highest BCUT2D eigenvalue weighted by molar-refractivity contribution is 5.67. The number of unbranched alkanes of at least 4 members (excludes halogenated alkanes) is 2. The van der Waals surface area contributed by atoms with Gasteiger partial charge in [-0.05, 0) is 33.6 Å². The third-order valence-electron chi connectivity index (χ3n) is 3.26. The molecule has 0 atom stereocenters. The molecule has 0 bridgehead atoms. The molecule has 170 valence electrons. The quantitative estimate of drug-likeness (QED) is 0.255. The molecule has 0 radical (unpaired) electrons. The van der Waals surface area contributed by atoms with Gasteiger partial charge in [-0.15, -0.1) is 12.3 Å². The molecule has 0 aromatic rings. The maximum absolute atomic E-state index is 11.4. The number of terminal acetylenes is 1. The summed E-state index contributed by atoms with van der Waals surface area (Å²) in [4.78, 5) is 11.4. The molecule has 8 nitrogen and oxygen atoms in total. The Hall–Kier alpha value is -1.37. The van der Waals surface area contributed by atoms with Gasteiger partial charge >= 0.3 is 6.09 Å². The summed E-state index contributed by atoms with van der Waals surface area (Å²) in [6, 6.07) is 0. The molecule has 0 aliphatic carbocycles. The van der Waals surface area contributed by atoms with Crippen molar-refractivity contribution in [1.82, 2.24) is 5.32 Å². The molecule has 0 aromatic heterocycles. The zero-order valence-electron chi connectivity index (χ0n) is 18.3. The lowest BCUT2D eigenvalue weighted by Gasteiger charge is -2.19. The molecular formula is C21H39NO7. The van der Waals surface area contributed by atoms with Crippen molar-refractivity contribution in [2.75, 3.05) is 72.6 Å². The van der Waals surface area contributed by atoms with Crippen molar-refractivity contribution in [3.8, 4) is 12.3 Å². The van der Waals surface area contributed by atoms with Crippen molar-refractivity contribution in [2.45, 2.75) is 45.6 Å². The first-order valence-electron chi connectivity index (χ1n) is 10.2. The van der Waals surface area contributed by atoms with Crippen LogP contribution in [0.25, 0.3) is 0 Å². The average Bonchev–Trinajstić information content (AvgIpc) is 2.65. The number of carbonyl (C=O) groups is 1. The number of amides is 1. The van der Waals surface area contributed by atoms with E-state index in [1.165, 1.54) is 0 Å². The second kappa shape index (κ2) is 19.9. The molecule has 0 rings (SSSR count). The highest BCUT2D eigenvalue weighted by Crippen LogP contribution is 2.06. The maximum atomic E-state index is 11.4. The highest BCUT2D eigenvalue weighted by Gasteiger charge is 2.15. The van der Waals surface area contributed by atoms with Crippen molar-refractivity contribution in [3.63, 3.8) is 0 Å². The molecule has 29 heavy (non-hydrogen) atoms. The lowest BCUT2D eigenvalue weighted by atomic mass is 10.2. The minimum absolute atomic E-state index is 0.398. The van der Waals surface area contributed by atoms with Crippen LogP contribution in [0, 0.1) is 12.3 Å². The highest BCUT2D eigenvalue weighted by atomic mass is 16.6. The van der Waals surface area contributed by atoms with Crippen LogP contribution in [0.4, 0.5) is 4.79 Å². The van der Waals surface area contributed by atoms with Gasteiger partial charge in [0.25, 0.3) is 0 Å². The fourth-order valence-electron chi connectivity index (χ4n) is 1.95. The Balaban J connectivity index is 3.12. The van der Waals surface area contributed by atoms with Gasteiger partial charge in [0, 0.05) is 19.6 Å². The molecule has 0 saturated heterocycles. The molecule has 0 fully saturated rings. The fourth-order valence-corrected chi connectivity index (χ4v) is 1.95. The predicted molar refractivity (Wildman–Crippen MR) is 111 cm³/mol. The van der Waals surface area contributed by atoms with Gasteiger partial charge in [0.05, 0.1) is 59.5 Å². The van der Waals surface area contributed by atoms with E-state index in [0.29, 0.717) is 66.0 Å². The minimum atomic E-state index is -0.496. The molecule has 8 heteroatoms. The Morgan fingerprint density at radius 3 is 1.66 bits per heavy atom. The standard InChI is InChI=1S/C21H39NO7/c1-5-6-7-8-10-24-12-14-26-16-18-28-19-17-27-15-13-25-11-9-22-20(23)29-21(2,3)4/h1H,6-19H2,2-4H3,(H,22,23). The van der Waals surface area contributed by atoms with Crippen LogP contribution in [-0.4, -0.2) is 84.3 Å². The Bertz CT molecular complexity index is 418. The molecule has 0 unspecified atom stereocenters. The number of ether oxygens (including phenoxy) is 6. The Morgan fingerprint density at radius 1 is 0.759 bits per heavy atom. The topological polar surface area (TPSA) is 84.5 Å². The van der Waals surface area contributed by atoms with Gasteiger partial charge in [0.15, 0.2) is 0 Å². The van der Waals surface area contributed by atoms with E-state index in [2.05, 4.69) is 11.2 Å². The fraction of sp³-hybridized carbons (Fsp3) is 0.857. The first kappa shape index (κ1) is 27.6. The van der Waals surface area contributed by atoms with Crippen molar-refractivity contribution >= 4 is 6.09 Å². The molecule has 0 saturated carbocycles. The summed E-state index contributed by atoms with van der Waals surface area (Å²) in [5, 5.41) is 2.62. The molecule has 1 N–H and O–H groups in total. The van der Waals surface area contributed by atoms with Crippen LogP contribution in [0.15, 0.2) is 0 Å². The van der Waals surface area contributed by atoms with Crippen molar-refractivity contribution in [3.05, 3.63) is 0 Å². The molecular weight excluding hydrogens is 378 g/mol. The Morgan fingerprint density at radius 2 is 1.21 bits per heavy atom. The average molecular weight is 418 g/mol. The monoisotopic (exact) mass is 417 g/mol. The third kappa shape index (κ3) is 24.6. The lowest BCUT2D eigenvalue weighted by molar-refractivity contribution is -0.0111. The number of alkyl carbamates (subject to hydrolysis) is 1. The third-order valence-corrected chi connectivity index (χ3v) is 3.26. The van der Waals surface area contributed by atoms with E-state index in [0.717, 1.165) is 25.9 Å². The van der Waals surface area contributed by atoms with Gasteiger partial charge in [-0.3, -0.25) is 0 Å². The summed E-state index contributed by atoms with van der Waals surface area (Å²) in [5.41, 5.74) is -0.496. The van der Waals surface area contributed by atoms with E-state index >= 15 is 0 Å². The van der Waals surface area contributed by atoms with Crippen molar-refractivity contribution in [1.29, 1.82) is 0 Å². The molecule has 0 aromatic carbocycles. The lowest BCUT2D eigenvalue weighted by Crippen LogP contribution is -2.34. The second-order valence-electron chi connectivity index (χ2n) is 7.15. The van der Waals surface area contributed by atoms with E-state index < -0.39 is 11.7 Å².